The molecule has 1 aliphatic heterocycles. The summed E-state index contributed by atoms with van der Waals surface area (Å²) in [7, 11) is 1.84. The fourth-order valence-electron chi connectivity index (χ4n) is 2.25. The average Bonchev–Trinajstić information content (AvgIpc) is 2.35. The van der Waals surface area contributed by atoms with Crippen LogP contribution in [0.4, 0.5) is 0 Å². The van der Waals surface area contributed by atoms with Gasteiger partial charge in [-0.3, -0.25) is 9.69 Å². The zero-order chi connectivity index (χ0) is 13.1. The lowest BCUT2D eigenvalue weighted by Crippen LogP contribution is -2.50. The van der Waals surface area contributed by atoms with Crippen LogP contribution in [0.5, 0.6) is 0 Å². The first-order chi connectivity index (χ1) is 8.61. The Morgan fingerprint density at radius 2 is 2.22 bits per heavy atom. The Hall–Kier alpha value is -0.910. The second-order valence-electron chi connectivity index (χ2n) is 4.59. The van der Waals surface area contributed by atoms with Crippen molar-refractivity contribution < 1.29 is 4.79 Å². The number of benzene rings is 1. The minimum Gasteiger partial charge on any atom is -0.343 e. The fraction of sp³-hybridized carbons (Fsp3) is 0.462. The van der Waals surface area contributed by atoms with E-state index in [-0.39, 0.29) is 11.9 Å². The van der Waals surface area contributed by atoms with Gasteiger partial charge < -0.3 is 10.6 Å². The summed E-state index contributed by atoms with van der Waals surface area (Å²) in [6, 6.07) is 8.23. The highest BCUT2D eigenvalue weighted by Gasteiger charge is 2.27. The van der Waals surface area contributed by atoms with Crippen LogP contribution in [0.1, 0.15) is 11.6 Å². The van der Waals surface area contributed by atoms with E-state index in [1.54, 1.807) is 4.90 Å². The molecule has 18 heavy (non-hydrogen) atoms. The second kappa shape index (κ2) is 5.82. The predicted octanol–water partition coefficient (Wildman–Crippen LogP) is 1.22. The predicted molar refractivity (Wildman–Crippen MR) is 75.1 cm³/mol. The van der Waals surface area contributed by atoms with Crippen LogP contribution in [0.15, 0.2) is 28.7 Å². The quantitative estimate of drug-likeness (QED) is 0.913. The highest BCUT2D eigenvalue weighted by molar-refractivity contribution is 9.10. The van der Waals surface area contributed by atoms with E-state index in [2.05, 4.69) is 33.0 Å². The molecule has 2 rings (SSSR count). The molecule has 98 valence electrons. The molecule has 1 amide bonds. The molecule has 0 aliphatic carbocycles. The van der Waals surface area contributed by atoms with E-state index in [9.17, 15) is 4.79 Å². The van der Waals surface area contributed by atoms with Gasteiger partial charge in [0, 0.05) is 37.2 Å². The van der Waals surface area contributed by atoms with Gasteiger partial charge in [-0.2, -0.15) is 0 Å². The Morgan fingerprint density at radius 1 is 1.44 bits per heavy atom. The van der Waals surface area contributed by atoms with Crippen molar-refractivity contribution in [2.75, 3.05) is 33.2 Å². The van der Waals surface area contributed by atoms with Crippen LogP contribution in [0, 0.1) is 0 Å². The lowest BCUT2D eigenvalue weighted by atomic mass is 10.0. The van der Waals surface area contributed by atoms with Crippen molar-refractivity contribution in [1.29, 1.82) is 0 Å². The maximum absolute atomic E-state index is 11.8. The molecule has 1 heterocycles. The molecule has 1 aromatic rings. The summed E-state index contributed by atoms with van der Waals surface area (Å²) < 4.78 is 1.04. The van der Waals surface area contributed by atoms with Crippen LogP contribution in [0.25, 0.3) is 0 Å². The van der Waals surface area contributed by atoms with Crippen molar-refractivity contribution in [3.63, 3.8) is 0 Å². The molecular formula is C13H18BrN3O. The highest BCUT2D eigenvalue weighted by atomic mass is 79.9. The largest absolute Gasteiger partial charge is 0.343 e. The molecule has 1 aromatic carbocycles. The first kappa shape index (κ1) is 13.5. The molecule has 1 unspecified atom stereocenters. The third-order valence-corrected chi connectivity index (χ3v) is 3.88. The van der Waals surface area contributed by atoms with E-state index >= 15 is 0 Å². The van der Waals surface area contributed by atoms with Crippen LogP contribution >= 0.6 is 15.9 Å². The van der Waals surface area contributed by atoms with Gasteiger partial charge in [-0.15, -0.1) is 0 Å². The lowest BCUT2D eigenvalue weighted by Gasteiger charge is -2.37. The van der Waals surface area contributed by atoms with Gasteiger partial charge in [0.25, 0.3) is 0 Å². The number of halogens is 1. The third-order valence-electron chi connectivity index (χ3n) is 3.38. The summed E-state index contributed by atoms with van der Waals surface area (Å²) in [5, 5.41) is 0. The monoisotopic (exact) mass is 311 g/mol. The van der Waals surface area contributed by atoms with Crippen molar-refractivity contribution in [3.8, 4) is 0 Å². The van der Waals surface area contributed by atoms with Crippen molar-refractivity contribution in [1.82, 2.24) is 9.80 Å². The van der Waals surface area contributed by atoms with Crippen LogP contribution in [0.2, 0.25) is 0 Å². The Balaban J connectivity index is 2.16. The van der Waals surface area contributed by atoms with E-state index in [1.165, 1.54) is 0 Å². The number of nitrogens with zero attached hydrogens (tertiary/aromatic N) is 2. The molecule has 1 saturated heterocycles. The van der Waals surface area contributed by atoms with E-state index < -0.39 is 0 Å². The minimum absolute atomic E-state index is 0.111. The maximum Gasteiger partial charge on any atom is 0.236 e. The van der Waals surface area contributed by atoms with Gasteiger partial charge in [0.15, 0.2) is 0 Å². The van der Waals surface area contributed by atoms with E-state index in [4.69, 9.17) is 5.73 Å². The van der Waals surface area contributed by atoms with Gasteiger partial charge in [0.1, 0.15) is 0 Å². The van der Waals surface area contributed by atoms with Gasteiger partial charge in [-0.05, 0) is 17.7 Å². The summed E-state index contributed by atoms with van der Waals surface area (Å²) in [4.78, 5) is 15.7. The van der Waals surface area contributed by atoms with Crippen LogP contribution in [-0.4, -0.2) is 48.9 Å². The molecule has 5 heteroatoms. The summed E-state index contributed by atoms with van der Waals surface area (Å²) >= 11 is 3.47. The number of likely N-dealkylation sites (N-methyl/N-ethyl adjacent to an activating group) is 1. The number of piperazine rings is 1. The van der Waals surface area contributed by atoms with Crippen LogP contribution < -0.4 is 5.73 Å². The smallest absolute Gasteiger partial charge is 0.236 e. The number of hydrogen-bond donors (Lipinski definition) is 1. The summed E-state index contributed by atoms with van der Waals surface area (Å²) in [6.45, 7) is 2.61. The van der Waals surface area contributed by atoms with Crippen molar-refractivity contribution in [3.05, 3.63) is 34.3 Å². The normalized spacial score (nSPS) is 19.1. The first-order valence-electron chi connectivity index (χ1n) is 6.05. The zero-order valence-corrected chi connectivity index (χ0v) is 12.1. The minimum atomic E-state index is 0.111. The molecule has 0 aromatic heterocycles. The third kappa shape index (κ3) is 2.91. The maximum atomic E-state index is 11.8. The fourth-order valence-corrected chi connectivity index (χ4v) is 2.67. The van der Waals surface area contributed by atoms with E-state index in [0.29, 0.717) is 13.1 Å². The molecule has 1 fully saturated rings. The van der Waals surface area contributed by atoms with Gasteiger partial charge in [0.05, 0.1) is 6.54 Å². The SMILES string of the molecule is CN1CCN(C(CN)c2cccc(Br)c2)CC1=O. The average molecular weight is 312 g/mol. The molecule has 0 saturated carbocycles. The summed E-state index contributed by atoms with van der Waals surface area (Å²) in [5.41, 5.74) is 7.04. The Kier molecular flexibility index (Phi) is 4.37. The van der Waals surface area contributed by atoms with E-state index in [1.807, 2.05) is 19.2 Å². The van der Waals surface area contributed by atoms with Crippen LogP contribution in [-0.2, 0) is 4.79 Å². The summed E-state index contributed by atoms with van der Waals surface area (Å²) in [6.07, 6.45) is 0. The molecule has 4 nitrogen and oxygen atoms in total. The van der Waals surface area contributed by atoms with Crippen molar-refractivity contribution in [2.45, 2.75) is 6.04 Å². The van der Waals surface area contributed by atoms with Gasteiger partial charge in [-0.1, -0.05) is 28.1 Å². The molecule has 1 atom stereocenters. The highest BCUT2D eigenvalue weighted by Crippen LogP contribution is 2.23. The van der Waals surface area contributed by atoms with Crippen LogP contribution in [0.3, 0.4) is 0 Å². The zero-order valence-electron chi connectivity index (χ0n) is 10.5. The molecule has 0 bridgehead atoms. The van der Waals surface area contributed by atoms with E-state index in [0.717, 1.165) is 23.1 Å². The molecule has 1 aliphatic rings. The van der Waals surface area contributed by atoms with Crippen molar-refractivity contribution in [2.24, 2.45) is 5.73 Å². The number of hydrogen-bond acceptors (Lipinski definition) is 3. The number of carbonyl (C=O) groups excluding carboxylic acids is 1. The second-order valence-corrected chi connectivity index (χ2v) is 5.51. The molecule has 0 spiro atoms. The number of amides is 1. The first-order valence-corrected chi connectivity index (χ1v) is 6.84. The van der Waals surface area contributed by atoms with Gasteiger partial charge in [-0.25, -0.2) is 0 Å². The Labute approximate surface area is 116 Å². The van der Waals surface area contributed by atoms with Crippen molar-refractivity contribution >= 4 is 21.8 Å². The molecule has 2 N–H and O–H groups in total. The molecular weight excluding hydrogens is 294 g/mol. The number of rotatable bonds is 3. The Morgan fingerprint density at radius 3 is 2.83 bits per heavy atom. The van der Waals surface area contributed by atoms with Gasteiger partial charge in [0.2, 0.25) is 5.91 Å². The number of nitrogens with two attached hydrogens (primary N) is 1. The lowest BCUT2D eigenvalue weighted by molar-refractivity contribution is -0.135. The summed E-state index contributed by atoms with van der Waals surface area (Å²) in [5.74, 6) is 0.162. The standard InChI is InChI=1S/C13H18BrN3O/c1-16-5-6-17(9-13(16)18)12(8-15)10-3-2-4-11(14)7-10/h2-4,7,12H,5-6,8-9,15H2,1H3. The molecule has 0 radical (unpaired) electrons. The number of carbonyl (C=O) groups is 1. The Bertz CT molecular complexity index is 438. The van der Waals surface area contributed by atoms with Gasteiger partial charge >= 0.3 is 0 Å². The topological polar surface area (TPSA) is 49.6 Å².